The van der Waals surface area contributed by atoms with E-state index in [2.05, 4.69) is 28.9 Å². The highest BCUT2D eigenvalue weighted by Crippen LogP contribution is 2.36. The average Bonchev–Trinajstić information content (AvgIpc) is 3.23. The number of piperidine rings is 1. The summed E-state index contributed by atoms with van der Waals surface area (Å²) in [5.74, 6) is 0.0883. The molecule has 1 aliphatic rings. The van der Waals surface area contributed by atoms with Gasteiger partial charge in [0, 0.05) is 49.1 Å². The zero-order valence-electron chi connectivity index (χ0n) is 22.1. The Bertz CT molecular complexity index is 1550. The molecule has 1 fully saturated rings. The molecular weight excluding hydrogens is 496 g/mol. The van der Waals surface area contributed by atoms with Crippen molar-refractivity contribution in [3.05, 3.63) is 88.1 Å². The molecule has 3 heterocycles. The summed E-state index contributed by atoms with van der Waals surface area (Å²) in [6.07, 6.45) is 3.84. The van der Waals surface area contributed by atoms with Crippen LogP contribution in [-0.4, -0.2) is 69.3 Å². The second-order valence-electron chi connectivity index (χ2n) is 9.89. The van der Waals surface area contributed by atoms with Crippen LogP contribution in [0.4, 0.5) is 17.2 Å². The summed E-state index contributed by atoms with van der Waals surface area (Å²) in [4.78, 5) is 37.5. The summed E-state index contributed by atoms with van der Waals surface area (Å²) in [5.41, 5.74) is 2.09. The van der Waals surface area contributed by atoms with Crippen LogP contribution in [-0.2, 0) is 0 Å². The third kappa shape index (κ3) is 5.10. The van der Waals surface area contributed by atoms with E-state index in [1.165, 1.54) is 19.1 Å². The number of hydrogen-bond donors (Lipinski definition) is 1. The van der Waals surface area contributed by atoms with Crippen molar-refractivity contribution in [1.29, 1.82) is 0 Å². The van der Waals surface area contributed by atoms with Gasteiger partial charge in [-0.25, -0.2) is 14.5 Å². The number of non-ortho nitro benzene ring substituents is 1. The van der Waals surface area contributed by atoms with Gasteiger partial charge in [0.1, 0.15) is 5.82 Å². The Hall–Kier alpha value is -4.57. The normalized spacial score (nSPS) is 14.8. The number of carbonyl (C=O) groups is 1. The van der Waals surface area contributed by atoms with Crippen LogP contribution in [0.15, 0.2) is 71.9 Å². The first kappa shape index (κ1) is 26.1. The first-order valence-corrected chi connectivity index (χ1v) is 12.8. The van der Waals surface area contributed by atoms with E-state index in [1.54, 1.807) is 12.3 Å². The Kier molecular flexibility index (Phi) is 7.12. The third-order valence-electron chi connectivity index (χ3n) is 7.23. The van der Waals surface area contributed by atoms with E-state index in [0.717, 1.165) is 36.3 Å². The minimum Gasteiger partial charge on any atom is -0.494 e. The smallest absolute Gasteiger partial charge is 0.271 e. The summed E-state index contributed by atoms with van der Waals surface area (Å²) in [6, 6.07) is 17.9. The fourth-order valence-electron chi connectivity index (χ4n) is 5.16. The molecule has 0 spiro atoms. The van der Waals surface area contributed by atoms with Gasteiger partial charge < -0.3 is 14.9 Å². The number of aromatic hydroxyl groups is 1. The monoisotopic (exact) mass is 526 g/mol. The Morgan fingerprint density at radius 2 is 1.82 bits per heavy atom. The lowest BCUT2D eigenvalue weighted by Crippen LogP contribution is -2.42. The molecule has 0 unspecified atom stereocenters. The second-order valence-corrected chi connectivity index (χ2v) is 9.89. The maximum atomic E-state index is 12.5. The molecule has 1 N–H and O–H groups in total. The molecule has 0 saturated carbocycles. The van der Waals surface area contributed by atoms with Gasteiger partial charge >= 0.3 is 0 Å². The van der Waals surface area contributed by atoms with E-state index < -0.39 is 10.8 Å². The van der Waals surface area contributed by atoms with Gasteiger partial charge in [-0.3, -0.25) is 14.9 Å². The lowest BCUT2D eigenvalue weighted by atomic mass is 10.0. The maximum Gasteiger partial charge on any atom is 0.271 e. The highest BCUT2D eigenvalue weighted by atomic mass is 16.6. The molecule has 1 saturated heterocycles. The summed E-state index contributed by atoms with van der Waals surface area (Å²) in [7, 11) is 4.23. The van der Waals surface area contributed by atoms with Crippen LogP contribution >= 0.6 is 0 Å². The molecule has 0 amide bonds. The van der Waals surface area contributed by atoms with Crippen molar-refractivity contribution in [2.24, 2.45) is 4.99 Å². The average molecular weight is 527 g/mol. The number of rotatable bonds is 6. The van der Waals surface area contributed by atoms with Crippen LogP contribution in [0.1, 0.15) is 35.7 Å². The van der Waals surface area contributed by atoms with Gasteiger partial charge in [-0.15, -0.1) is 0 Å². The summed E-state index contributed by atoms with van der Waals surface area (Å²) in [5, 5.41) is 23.2. The van der Waals surface area contributed by atoms with Crippen molar-refractivity contribution in [1.82, 2.24) is 14.5 Å². The largest absolute Gasteiger partial charge is 0.494 e. The molecule has 2 aromatic carbocycles. The molecule has 2 aromatic heterocycles. The summed E-state index contributed by atoms with van der Waals surface area (Å²) < 4.78 is 1.08. The third-order valence-corrected chi connectivity index (χ3v) is 7.23. The molecule has 0 bridgehead atoms. The summed E-state index contributed by atoms with van der Waals surface area (Å²) >= 11 is 0. The fraction of sp³-hybridized carbons (Fsp3) is 0.276. The van der Waals surface area contributed by atoms with Crippen LogP contribution < -0.4 is 4.90 Å². The molecule has 39 heavy (non-hydrogen) atoms. The SMILES string of the molecule is CC(=O)n1c(O)c(C(=Nc2ccc(N3CCC(N(C)C)CC3)nc2)c2ccccc2)c2ccc([N+](=O)[O-])cc21. The molecule has 5 rings (SSSR count). The number of nitro benzene ring substituents is 1. The Morgan fingerprint density at radius 1 is 1.10 bits per heavy atom. The minimum atomic E-state index is -0.532. The molecule has 0 radical (unpaired) electrons. The standard InChI is InChI=1S/C29H30N6O4/c1-19(36)34-25-17-23(35(38)39)10-11-24(25)27(29(34)37)28(20-7-5-4-6-8-20)31-21-9-12-26(30-18-21)33-15-13-22(14-16-33)32(2)3/h4-12,17-18,22,37H,13-16H2,1-3H3. The maximum absolute atomic E-state index is 12.5. The van der Waals surface area contributed by atoms with Gasteiger partial charge in [-0.05, 0) is 45.1 Å². The molecule has 4 aromatic rings. The molecular formula is C29H30N6O4. The van der Waals surface area contributed by atoms with E-state index in [4.69, 9.17) is 4.99 Å². The number of aliphatic imine (C=N–C) groups is 1. The van der Waals surface area contributed by atoms with Crippen LogP contribution in [0, 0.1) is 10.1 Å². The van der Waals surface area contributed by atoms with Crippen molar-refractivity contribution in [2.75, 3.05) is 32.1 Å². The minimum absolute atomic E-state index is 0.179. The van der Waals surface area contributed by atoms with Crippen LogP contribution in [0.5, 0.6) is 5.88 Å². The van der Waals surface area contributed by atoms with Crippen molar-refractivity contribution in [3.8, 4) is 5.88 Å². The van der Waals surface area contributed by atoms with Crippen LogP contribution in [0.2, 0.25) is 0 Å². The Morgan fingerprint density at radius 3 is 2.41 bits per heavy atom. The highest BCUT2D eigenvalue weighted by molar-refractivity contribution is 6.23. The van der Waals surface area contributed by atoms with E-state index in [0.29, 0.717) is 34.0 Å². The van der Waals surface area contributed by atoms with Gasteiger partial charge in [-0.2, -0.15) is 0 Å². The number of pyridine rings is 1. The number of nitrogens with zero attached hydrogens (tertiary/aromatic N) is 6. The topological polar surface area (TPSA) is 117 Å². The molecule has 10 heteroatoms. The lowest BCUT2D eigenvalue weighted by molar-refractivity contribution is -0.384. The van der Waals surface area contributed by atoms with Gasteiger partial charge in [0.25, 0.3) is 5.69 Å². The number of aromatic nitrogens is 2. The number of carbonyl (C=O) groups excluding carboxylic acids is 1. The number of hydrogen-bond acceptors (Lipinski definition) is 8. The van der Waals surface area contributed by atoms with Gasteiger partial charge in [-0.1, -0.05) is 30.3 Å². The molecule has 0 aliphatic carbocycles. The van der Waals surface area contributed by atoms with Crippen molar-refractivity contribution < 1.29 is 14.8 Å². The van der Waals surface area contributed by atoms with E-state index in [-0.39, 0.29) is 17.1 Å². The second kappa shape index (κ2) is 10.7. The zero-order chi connectivity index (χ0) is 27.7. The number of nitro groups is 1. The quantitative estimate of drug-likeness (QED) is 0.213. The summed E-state index contributed by atoms with van der Waals surface area (Å²) in [6.45, 7) is 3.15. The molecule has 1 aliphatic heterocycles. The Balaban J connectivity index is 1.59. The zero-order valence-corrected chi connectivity index (χ0v) is 22.1. The fourth-order valence-corrected chi connectivity index (χ4v) is 5.16. The van der Waals surface area contributed by atoms with Crippen LogP contribution in [0.3, 0.4) is 0 Å². The van der Waals surface area contributed by atoms with Crippen LogP contribution in [0.25, 0.3) is 10.9 Å². The van der Waals surface area contributed by atoms with Crippen molar-refractivity contribution in [3.63, 3.8) is 0 Å². The van der Waals surface area contributed by atoms with Gasteiger partial charge in [0.05, 0.1) is 33.6 Å². The highest BCUT2D eigenvalue weighted by Gasteiger charge is 2.26. The molecule has 10 nitrogen and oxygen atoms in total. The Labute approximate surface area is 226 Å². The van der Waals surface area contributed by atoms with Crippen molar-refractivity contribution >= 4 is 39.7 Å². The number of anilines is 1. The first-order chi connectivity index (χ1) is 18.7. The molecule has 200 valence electrons. The predicted molar refractivity (Wildman–Crippen MR) is 151 cm³/mol. The lowest BCUT2D eigenvalue weighted by Gasteiger charge is -2.35. The van der Waals surface area contributed by atoms with E-state index in [9.17, 15) is 20.0 Å². The molecule has 0 atom stereocenters. The predicted octanol–water partition coefficient (Wildman–Crippen LogP) is 5.01. The van der Waals surface area contributed by atoms with E-state index in [1.807, 2.05) is 42.5 Å². The first-order valence-electron chi connectivity index (χ1n) is 12.8. The van der Waals surface area contributed by atoms with E-state index >= 15 is 0 Å². The van der Waals surface area contributed by atoms with Gasteiger partial charge in [0.15, 0.2) is 0 Å². The van der Waals surface area contributed by atoms with Gasteiger partial charge in [0.2, 0.25) is 11.8 Å². The number of benzene rings is 2. The number of fused-ring (bicyclic) bond motifs is 1. The van der Waals surface area contributed by atoms with Crippen molar-refractivity contribution in [2.45, 2.75) is 25.8 Å².